The Morgan fingerprint density at radius 2 is 1.47 bits per heavy atom. The Labute approximate surface area is 202 Å². The highest BCUT2D eigenvalue weighted by Gasteiger charge is 2.39. The highest BCUT2D eigenvalue weighted by Crippen LogP contribution is 2.39. The van der Waals surface area contributed by atoms with Crippen LogP contribution < -0.4 is 4.74 Å². The monoisotopic (exact) mass is 512 g/mol. The van der Waals surface area contributed by atoms with Gasteiger partial charge in [-0.05, 0) is 72.7 Å². The molecule has 0 bridgehead atoms. The molecule has 0 spiro atoms. The van der Waals surface area contributed by atoms with Crippen LogP contribution in [-0.4, -0.2) is 0 Å². The quantitative estimate of drug-likeness (QED) is 0.182. The van der Waals surface area contributed by atoms with Crippen molar-refractivity contribution in [2.45, 2.75) is 38.2 Å². The van der Waals surface area contributed by atoms with Crippen LogP contribution in [0.3, 0.4) is 0 Å². The van der Waals surface area contributed by atoms with Gasteiger partial charge in [-0.2, -0.15) is 13.2 Å². The lowest BCUT2D eigenvalue weighted by atomic mass is 9.83. The molecule has 2 unspecified atom stereocenters. The van der Waals surface area contributed by atoms with E-state index in [1.54, 1.807) is 0 Å². The number of rotatable bonds is 6. The van der Waals surface area contributed by atoms with Gasteiger partial charge >= 0.3 is 6.11 Å². The van der Waals surface area contributed by atoms with E-state index in [1.165, 1.54) is 6.07 Å². The highest BCUT2D eigenvalue weighted by molar-refractivity contribution is 5.65. The molecule has 9 heteroatoms. The van der Waals surface area contributed by atoms with E-state index in [0.29, 0.717) is 29.7 Å². The van der Waals surface area contributed by atoms with Crippen molar-refractivity contribution in [3.63, 3.8) is 0 Å². The van der Waals surface area contributed by atoms with Crippen LogP contribution in [0, 0.1) is 40.8 Å². The summed E-state index contributed by atoms with van der Waals surface area (Å²) in [4.78, 5) is 0. The third-order valence-corrected chi connectivity index (χ3v) is 6.30. The average molecular weight is 512 g/mol. The molecular formula is C27H20F8O. The van der Waals surface area contributed by atoms with Gasteiger partial charge in [0.2, 0.25) is 5.82 Å². The first kappa shape index (κ1) is 25.7. The lowest BCUT2D eigenvalue weighted by Gasteiger charge is -2.24. The van der Waals surface area contributed by atoms with Crippen LogP contribution in [0.25, 0.3) is 11.1 Å². The fourth-order valence-corrected chi connectivity index (χ4v) is 4.23. The largest absolute Gasteiger partial charge is 0.429 e. The Bertz CT molecular complexity index is 1290. The Kier molecular flexibility index (Phi) is 7.11. The van der Waals surface area contributed by atoms with Gasteiger partial charge in [0, 0.05) is 11.5 Å². The molecule has 1 nitrogen and oxygen atoms in total. The number of alkyl halides is 2. The zero-order valence-electron chi connectivity index (χ0n) is 18.9. The van der Waals surface area contributed by atoms with Gasteiger partial charge in [0.1, 0.15) is 5.82 Å². The summed E-state index contributed by atoms with van der Waals surface area (Å²) in [5.41, 5.74) is -1.96. The van der Waals surface area contributed by atoms with E-state index in [1.807, 2.05) is 12.2 Å². The molecule has 0 fully saturated rings. The smallest absolute Gasteiger partial charge is 0.426 e. The summed E-state index contributed by atoms with van der Waals surface area (Å²) in [5.74, 6) is -11.0. The van der Waals surface area contributed by atoms with E-state index in [9.17, 15) is 35.1 Å². The fourth-order valence-electron chi connectivity index (χ4n) is 4.23. The molecule has 3 aromatic carbocycles. The summed E-state index contributed by atoms with van der Waals surface area (Å²) >= 11 is 0. The normalized spacial score (nSPS) is 17.9. The van der Waals surface area contributed by atoms with Crippen LogP contribution in [0.5, 0.6) is 5.75 Å². The second kappa shape index (κ2) is 9.95. The molecule has 0 saturated heterocycles. The highest BCUT2D eigenvalue weighted by atomic mass is 19.3. The van der Waals surface area contributed by atoms with E-state index in [-0.39, 0.29) is 5.92 Å². The number of ether oxygens (including phenoxy) is 1. The maximum atomic E-state index is 14.8. The number of benzene rings is 3. The minimum Gasteiger partial charge on any atom is -0.426 e. The molecule has 190 valence electrons. The Morgan fingerprint density at radius 1 is 0.778 bits per heavy atom. The molecular weight excluding hydrogens is 492 g/mol. The number of hydrogen-bond acceptors (Lipinski definition) is 1. The van der Waals surface area contributed by atoms with E-state index in [4.69, 9.17) is 0 Å². The van der Waals surface area contributed by atoms with E-state index < -0.39 is 63.5 Å². The molecule has 0 amide bonds. The molecule has 2 atom stereocenters. The molecule has 0 heterocycles. The number of halogens is 8. The van der Waals surface area contributed by atoms with Crippen LogP contribution in [0.1, 0.15) is 43.2 Å². The topological polar surface area (TPSA) is 9.23 Å². The summed E-state index contributed by atoms with van der Waals surface area (Å²) in [6, 6.07) is 5.30. The van der Waals surface area contributed by atoms with Crippen molar-refractivity contribution < 1.29 is 39.9 Å². The lowest BCUT2D eigenvalue weighted by Crippen LogP contribution is -2.24. The molecule has 1 aliphatic carbocycles. The second-order valence-electron chi connectivity index (χ2n) is 8.59. The van der Waals surface area contributed by atoms with Crippen LogP contribution in [0.4, 0.5) is 35.1 Å². The maximum absolute atomic E-state index is 14.8. The molecule has 3 aromatic rings. The third kappa shape index (κ3) is 4.96. The van der Waals surface area contributed by atoms with Gasteiger partial charge in [0.15, 0.2) is 29.0 Å². The van der Waals surface area contributed by atoms with Crippen molar-refractivity contribution in [1.29, 1.82) is 0 Å². The molecule has 36 heavy (non-hydrogen) atoms. The molecule has 0 N–H and O–H groups in total. The van der Waals surface area contributed by atoms with Crippen LogP contribution >= 0.6 is 0 Å². The Morgan fingerprint density at radius 3 is 2.06 bits per heavy atom. The molecule has 0 aromatic heterocycles. The summed E-state index contributed by atoms with van der Waals surface area (Å²) < 4.78 is 118. The summed E-state index contributed by atoms with van der Waals surface area (Å²) in [6.45, 7) is 2.05. The summed E-state index contributed by atoms with van der Waals surface area (Å²) in [5, 5.41) is 0. The zero-order chi connectivity index (χ0) is 26.2. The zero-order valence-corrected chi connectivity index (χ0v) is 18.9. The lowest BCUT2D eigenvalue weighted by molar-refractivity contribution is -0.189. The van der Waals surface area contributed by atoms with Crippen molar-refractivity contribution >= 4 is 0 Å². The van der Waals surface area contributed by atoms with E-state index in [0.717, 1.165) is 37.5 Å². The summed E-state index contributed by atoms with van der Waals surface area (Å²) in [6.07, 6.45) is 2.15. The van der Waals surface area contributed by atoms with Crippen LogP contribution in [0.2, 0.25) is 0 Å². The van der Waals surface area contributed by atoms with E-state index >= 15 is 0 Å². The number of allylic oxidation sites excluding steroid dienone is 2. The summed E-state index contributed by atoms with van der Waals surface area (Å²) in [7, 11) is 0. The van der Waals surface area contributed by atoms with Crippen LogP contribution in [0.15, 0.2) is 54.6 Å². The first-order chi connectivity index (χ1) is 17.0. The molecule has 0 radical (unpaired) electrons. The third-order valence-electron chi connectivity index (χ3n) is 6.30. The molecule has 0 aliphatic heterocycles. The minimum absolute atomic E-state index is 0.133. The first-order valence-corrected chi connectivity index (χ1v) is 11.2. The van der Waals surface area contributed by atoms with Gasteiger partial charge in [-0.1, -0.05) is 25.1 Å². The van der Waals surface area contributed by atoms with Crippen molar-refractivity contribution in [2.24, 2.45) is 5.92 Å². The maximum Gasteiger partial charge on any atom is 0.429 e. The first-order valence-electron chi connectivity index (χ1n) is 11.2. The number of hydrogen-bond donors (Lipinski definition) is 0. The van der Waals surface area contributed by atoms with Gasteiger partial charge < -0.3 is 4.74 Å². The Balaban J connectivity index is 1.59. The van der Waals surface area contributed by atoms with Crippen molar-refractivity contribution in [3.8, 4) is 16.9 Å². The van der Waals surface area contributed by atoms with Gasteiger partial charge in [-0.3, -0.25) is 0 Å². The second-order valence-corrected chi connectivity index (χ2v) is 8.59. The predicted molar refractivity (Wildman–Crippen MR) is 117 cm³/mol. The van der Waals surface area contributed by atoms with Gasteiger partial charge in [0.05, 0.1) is 5.56 Å². The van der Waals surface area contributed by atoms with Gasteiger partial charge in [0.25, 0.3) is 0 Å². The van der Waals surface area contributed by atoms with Crippen molar-refractivity contribution in [3.05, 3.63) is 101 Å². The predicted octanol–water partition coefficient (Wildman–Crippen LogP) is 8.78. The standard InChI is InChI=1S/C27H20F8O/c1-2-14-3-5-15(6-4-14)16-7-9-19(20(28)11-16)27(34,35)36-23-10-8-18(24(31)26(23)33)17-12-21(29)25(32)22(30)13-17/h3,5,7-15H,2,4,6H2,1H3. The SMILES string of the molecule is CCC1C=CC(c2ccc(C(F)(F)Oc3ccc(-c4cc(F)c(F)c(F)c4)c(F)c3F)c(F)c2)CC1. The van der Waals surface area contributed by atoms with Crippen LogP contribution in [-0.2, 0) is 6.11 Å². The van der Waals surface area contributed by atoms with Crippen molar-refractivity contribution in [1.82, 2.24) is 0 Å². The van der Waals surface area contributed by atoms with Crippen molar-refractivity contribution in [2.75, 3.05) is 0 Å². The molecule has 4 rings (SSSR count). The fraction of sp³-hybridized carbons (Fsp3) is 0.259. The average Bonchev–Trinajstić information content (AvgIpc) is 2.85. The van der Waals surface area contributed by atoms with E-state index in [2.05, 4.69) is 11.7 Å². The Hall–Kier alpha value is -3.36. The van der Waals surface area contributed by atoms with Gasteiger partial charge in [-0.15, -0.1) is 0 Å². The molecule has 1 aliphatic rings. The minimum atomic E-state index is -4.37. The molecule has 0 saturated carbocycles. The van der Waals surface area contributed by atoms with Gasteiger partial charge in [-0.25, -0.2) is 22.0 Å².